The summed E-state index contributed by atoms with van der Waals surface area (Å²) in [5.74, 6) is -1.76. The van der Waals surface area contributed by atoms with E-state index >= 15 is 0 Å². The third-order valence-electron chi connectivity index (χ3n) is 3.63. The fourth-order valence-corrected chi connectivity index (χ4v) is 2.26. The van der Waals surface area contributed by atoms with E-state index in [2.05, 4.69) is 20.5 Å². The first-order chi connectivity index (χ1) is 12.6. The predicted molar refractivity (Wildman–Crippen MR) is 89.4 cm³/mol. The van der Waals surface area contributed by atoms with Crippen molar-refractivity contribution in [2.75, 3.05) is 0 Å². The van der Waals surface area contributed by atoms with Gasteiger partial charge in [0.25, 0.3) is 0 Å². The Morgan fingerprint density at radius 2 is 2.12 bits per heavy atom. The molecule has 8 heteroatoms. The van der Waals surface area contributed by atoms with Gasteiger partial charge in [-0.15, -0.1) is 0 Å². The van der Waals surface area contributed by atoms with Gasteiger partial charge in [-0.05, 0) is 30.2 Å². The fraction of sp³-hybridized carbons (Fsp3) is 0.167. The average molecular weight is 358 g/mol. The van der Waals surface area contributed by atoms with E-state index in [0.29, 0.717) is 18.4 Å². The van der Waals surface area contributed by atoms with Crippen molar-refractivity contribution in [1.82, 2.24) is 20.5 Å². The highest BCUT2D eigenvalue weighted by Crippen LogP contribution is 2.24. The van der Waals surface area contributed by atoms with Crippen molar-refractivity contribution < 1.29 is 18.3 Å². The Morgan fingerprint density at radius 3 is 2.88 bits per heavy atom. The van der Waals surface area contributed by atoms with Gasteiger partial charge in [-0.25, -0.2) is 13.8 Å². The second-order valence-corrected chi connectivity index (χ2v) is 5.53. The summed E-state index contributed by atoms with van der Waals surface area (Å²) >= 11 is 0. The number of ether oxygens (including phenoxy) is 1. The molecule has 134 valence electrons. The molecule has 0 fully saturated rings. The summed E-state index contributed by atoms with van der Waals surface area (Å²) in [4.78, 5) is 16.1. The Labute approximate surface area is 148 Å². The molecule has 6 nitrogen and oxygen atoms in total. The summed E-state index contributed by atoms with van der Waals surface area (Å²) in [5.41, 5.74) is 1.57. The van der Waals surface area contributed by atoms with Crippen molar-refractivity contribution in [1.29, 1.82) is 0 Å². The van der Waals surface area contributed by atoms with Crippen LogP contribution in [0.25, 0.3) is 0 Å². The van der Waals surface area contributed by atoms with E-state index in [1.54, 1.807) is 24.5 Å². The zero-order valence-corrected chi connectivity index (χ0v) is 13.7. The predicted octanol–water partition coefficient (Wildman–Crippen LogP) is 3.12. The number of aromatic nitrogens is 3. The molecule has 2 aromatic heterocycles. The van der Waals surface area contributed by atoms with E-state index in [9.17, 15) is 13.6 Å². The molecule has 0 aliphatic heterocycles. The molecule has 0 aliphatic carbocycles. The molecule has 0 atom stereocenters. The number of rotatable bonds is 7. The molecule has 3 aromatic rings. The molecule has 3 rings (SSSR count). The van der Waals surface area contributed by atoms with E-state index in [4.69, 9.17) is 4.74 Å². The molecule has 1 aromatic carbocycles. The maximum Gasteiger partial charge on any atom is 0.224 e. The molecule has 0 aliphatic rings. The number of aryl methyl sites for hydroxylation is 1. The molecule has 26 heavy (non-hydrogen) atoms. The highest BCUT2D eigenvalue weighted by Gasteiger charge is 2.10. The number of nitrogens with zero attached hydrogens (tertiary/aromatic N) is 2. The number of benzene rings is 1. The van der Waals surface area contributed by atoms with Gasteiger partial charge in [0, 0.05) is 37.0 Å². The van der Waals surface area contributed by atoms with Crippen LogP contribution < -0.4 is 10.1 Å². The smallest absolute Gasteiger partial charge is 0.224 e. The minimum absolute atomic E-state index is 0.120. The number of aromatic amines is 1. The van der Waals surface area contributed by atoms with Crippen LogP contribution in [0.1, 0.15) is 17.5 Å². The number of halogens is 2. The van der Waals surface area contributed by atoms with Crippen molar-refractivity contribution in [3.63, 3.8) is 0 Å². The zero-order valence-electron chi connectivity index (χ0n) is 13.7. The number of H-pyrrole nitrogens is 1. The van der Waals surface area contributed by atoms with Gasteiger partial charge in [0.2, 0.25) is 11.8 Å². The molecule has 2 heterocycles. The summed E-state index contributed by atoms with van der Waals surface area (Å²) in [6, 6.07) is 6.66. The lowest BCUT2D eigenvalue weighted by atomic mass is 10.2. The molecule has 0 unspecified atom stereocenters. The normalized spacial score (nSPS) is 10.5. The van der Waals surface area contributed by atoms with Crippen LogP contribution >= 0.6 is 0 Å². The third kappa shape index (κ3) is 4.62. The Hall–Kier alpha value is -3.29. The van der Waals surface area contributed by atoms with E-state index in [1.807, 2.05) is 0 Å². The van der Waals surface area contributed by atoms with Crippen LogP contribution in [-0.2, 0) is 17.8 Å². The van der Waals surface area contributed by atoms with Crippen LogP contribution in [-0.4, -0.2) is 21.1 Å². The lowest BCUT2D eigenvalue weighted by Gasteiger charge is -2.11. The van der Waals surface area contributed by atoms with Gasteiger partial charge >= 0.3 is 0 Å². The van der Waals surface area contributed by atoms with Crippen LogP contribution in [0.2, 0.25) is 0 Å². The maximum atomic E-state index is 13.3. The molecule has 2 N–H and O–H groups in total. The summed E-state index contributed by atoms with van der Waals surface area (Å²) in [6.45, 7) is 0.205. The molecule has 0 bridgehead atoms. The SMILES string of the molecule is O=C(CCc1cn[nH]c1)NCc1cccnc1Oc1ccc(F)c(F)c1. The van der Waals surface area contributed by atoms with Crippen LogP contribution in [0, 0.1) is 11.6 Å². The summed E-state index contributed by atoms with van der Waals surface area (Å²) < 4.78 is 31.8. The van der Waals surface area contributed by atoms with Gasteiger partial charge in [0.15, 0.2) is 11.6 Å². The quantitative estimate of drug-likeness (QED) is 0.680. The van der Waals surface area contributed by atoms with Crippen molar-refractivity contribution >= 4 is 5.91 Å². The standard InChI is InChI=1S/C18H16F2N4O2/c19-15-5-4-14(8-16(15)20)26-18-13(2-1-7-21-18)11-22-17(25)6-3-12-9-23-24-10-12/h1-2,4-5,7-10H,3,6,11H2,(H,22,25)(H,23,24). The van der Waals surface area contributed by atoms with Crippen LogP contribution in [0.4, 0.5) is 8.78 Å². The minimum atomic E-state index is -1.01. The van der Waals surface area contributed by atoms with Crippen molar-refractivity contribution in [3.05, 3.63) is 71.7 Å². The largest absolute Gasteiger partial charge is 0.439 e. The molecular formula is C18H16F2N4O2. The first-order valence-electron chi connectivity index (χ1n) is 7.93. The number of pyridine rings is 1. The Kier molecular flexibility index (Phi) is 5.52. The summed E-state index contributed by atoms with van der Waals surface area (Å²) in [6.07, 6.45) is 5.82. The summed E-state index contributed by atoms with van der Waals surface area (Å²) in [5, 5.41) is 9.30. The van der Waals surface area contributed by atoms with Gasteiger partial charge in [-0.2, -0.15) is 5.10 Å². The Morgan fingerprint density at radius 1 is 1.23 bits per heavy atom. The van der Waals surface area contributed by atoms with Gasteiger partial charge in [-0.1, -0.05) is 6.07 Å². The lowest BCUT2D eigenvalue weighted by Crippen LogP contribution is -2.23. The Bertz CT molecular complexity index is 885. The van der Waals surface area contributed by atoms with Crippen LogP contribution in [0.3, 0.4) is 0 Å². The monoisotopic (exact) mass is 358 g/mol. The van der Waals surface area contributed by atoms with E-state index in [0.717, 1.165) is 17.7 Å². The maximum absolute atomic E-state index is 13.3. The Balaban J connectivity index is 1.59. The summed E-state index contributed by atoms with van der Waals surface area (Å²) in [7, 11) is 0. The zero-order chi connectivity index (χ0) is 18.4. The average Bonchev–Trinajstić information content (AvgIpc) is 3.16. The van der Waals surface area contributed by atoms with Gasteiger partial charge < -0.3 is 10.1 Å². The number of carbonyl (C=O) groups excluding carboxylic acids is 1. The number of nitrogens with one attached hydrogen (secondary N) is 2. The molecule has 0 saturated heterocycles. The third-order valence-corrected chi connectivity index (χ3v) is 3.63. The van der Waals surface area contributed by atoms with Gasteiger partial charge in [-0.3, -0.25) is 9.89 Å². The highest BCUT2D eigenvalue weighted by molar-refractivity contribution is 5.76. The molecule has 1 amide bonds. The van der Waals surface area contributed by atoms with E-state index in [1.165, 1.54) is 12.3 Å². The lowest BCUT2D eigenvalue weighted by molar-refractivity contribution is -0.121. The number of amides is 1. The second-order valence-electron chi connectivity index (χ2n) is 5.53. The van der Waals surface area contributed by atoms with Crippen molar-refractivity contribution in [3.8, 4) is 11.6 Å². The van der Waals surface area contributed by atoms with Gasteiger partial charge in [0.05, 0.1) is 6.20 Å². The molecule has 0 spiro atoms. The number of hydrogen-bond donors (Lipinski definition) is 2. The van der Waals surface area contributed by atoms with Crippen LogP contribution in [0.5, 0.6) is 11.6 Å². The van der Waals surface area contributed by atoms with E-state index < -0.39 is 11.6 Å². The molecule has 0 saturated carbocycles. The highest BCUT2D eigenvalue weighted by atomic mass is 19.2. The molecular weight excluding hydrogens is 342 g/mol. The topological polar surface area (TPSA) is 79.9 Å². The fourth-order valence-electron chi connectivity index (χ4n) is 2.26. The van der Waals surface area contributed by atoms with Crippen molar-refractivity contribution in [2.45, 2.75) is 19.4 Å². The number of carbonyl (C=O) groups is 1. The first-order valence-corrected chi connectivity index (χ1v) is 7.93. The van der Waals surface area contributed by atoms with Crippen molar-refractivity contribution in [2.24, 2.45) is 0 Å². The van der Waals surface area contributed by atoms with Crippen LogP contribution in [0.15, 0.2) is 48.9 Å². The van der Waals surface area contributed by atoms with E-state index in [-0.39, 0.29) is 24.1 Å². The second kappa shape index (κ2) is 8.19. The minimum Gasteiger partial charge on any atom is -0.439 e. The molecule has 0 radical (unpaired) electrons. The first kappa shape index (κ1) is 17.5. The van der Waals surface area contributed by atoms with Gasteiger partial charge in [0.1, 0.15) is 5.75 Å². The number of hydrogen-bond acceptors (Lipinski definition) is 4.